The molecule has 0 rings (SSSR count). The normalized spacial score (nSPS) is 11.9. The van der Waals surface area contributed by atoms with E-state index in [4.69, 9.17) is 0 Å². The van der Waals surface area contributed by atoms with E-state index in [1.807, 2.05) is 6.92 Å². The summed E-state index contributed by atoms with van der Waals surface area (Å²) in [5.41, 5.74) is 0.950. The van der Waals surface area contributed by atoms with Gasteiger partial charge in [-0.1, -0.05) is 12.5 Å². The average Bonchev–Trinajstić information content (AvgIpc) is 2.02. The van der Waals surface area contributed by atoms with Crippen LogP contribution in [0.2, 0.25) is 0 Å². The smallest absolute Gasteiger partial charge is 0.313 e. The van der Waals surface area contributed by atoms with Crippen molar-refractivity contribution in [3.8, 4) is 0 Å². The van der Waals surface area contributed by atoms with Gasteiger partial charge in [0.25, 0.3) is 0 Å². The number of hydrogen-bond donors (Lipinski definition) is 0. The summed E-state index contributed by atoms with van der Waals surface area (Å²) in [6.45, 7) is 7.36. The first-order chi connectivity index (χ1) is 5.97. The highest BCUT2D eigenvalue weighted by Crippen LogP contribution is 2.11. The minimum Gasteiger partial charge on any atom is -0.469 e. The molecule has 0 aliphatic rings. The molecule has 1 unspecified atom stereocenters. The van der Waals surface area contributed by atoms with Gasteiger partial charge < -0.3 is 4.74 Å². The molecule has 0 heterocycles. The molecule has 0 saturated carbocycles. The highest BCUT2D eigenvalue weighted by Gasteiger charge is 2.16. The van der Waals surface area contributed by atoms with Gasteiger partial charge in [0.05, 0.1) is 7.11 Å². The standard InChI is InChI=1S/C10H16O3/c1-7(2)5-8(3)9(11)6-10(12)13-4/h8H,1,5-6H2,2-4H3. The highest BCUT2D eigenvalue weighted by atomic mass is 16.5. The van der Waals surface area contributed by atoms with Gasteiger partial charge in [0, 0.05) is 5.92 Å². The van der Waals surface area contributed by atoms with Crippen LogP contribution in [0.15, 0.2) is 12.2 Å². The summed E-state index contributed by atoms with van der Waals surface area (Å²) in [6, 6.07) is 0. The molecule has 0 aliphatic heterocycles. The molecule has 0 radical (unpaired) electrons. The summed E-state index contributed by atoms with van der Waals surface area (Å²) in [6.07, 6.45) is 0.501. The molecule has 0 aromatic rings. The molecule has 0 bridgehead atoms. The molecule has 0 aromatic heterocycles. The van der Waals surface area contributed by atoms with E-state index in [-0.39, 0.29) is 18.1 Å². The van der Waals surface area contributed by atoms with E-state index in [2.05, 4.69) is 11.3 Å². The van der Waals surface area contributed by atoms with Gasteiger partial charge >= 0.3 is 5.97 Å². The lowest BCUT2D eigenvalue weighted by Gasteiger charge is -2.08. The Morgan fingerprint density at radius 3 is 2.38 bits per heavy atom. The third kappa shape index (κ3) is 5.17. The zero-order chi connectivity index (χ0) is 10.4. The number of rotatable bonds is 5. The van der Waals surface area contributed by atoms with E-state index in [0.717, 1.165) is 5.57 Å². The van der Waals surface area contributed by atoms with Crippen molar-refractivity contribution >= 4 is 11.8 Å². The van der Waals surface area contributed by atoms with E-state index < -0.39 is 5.97 Å². The molecule has 0 N–H and O–H groups in total. The van der Waals surface area contributed by atoms with Crippen molar-refractivity contribution in [3.63, 3.8) is 0 Å². The molecule has 0 aromatic carbocycles. The first kappa shape index (κ1) is 11.9. The predicted octanol–water partition coefficient (Wildman–Crippen LogP) is 1.72. The lowest BCUT2D eigenvalue weighted by atomic mass is 9.97. The second-order valence-electron chi connectivity index (χ2n) is 3.28. The Balaban J connectivity index is 3.96. The van der Waals surface area contributed by atoms with E-state index in [0.29, 0.717) is 6.42 Å². The topological polar surface area (TPSA) is 43.4 Å². The quantitative estimate of drug-likeness (QED) is 0.371. The molecule has 1 atom stereocenters. The summed E-state index contributed by atoms with van der Waals surface area (Å²) < 4.78 is 4.39. The fourth-order valence-corrected chi connectivity index (χ4v) is 1.03. The number of esters is 1. The van der Waals surface area contributed by atoms with E-state index in [9.17, 15) is 9.59 Å². The van der Waals surface area contributed by atoms with Crippen molar-refractivity contribution < 1.29 is 14.3 Å². The van der Waals surface area contributed by atoms with Crippen LogP contribution in [-0.2, 0) is 14.3 Å². The van der Waals surface area contributed by atoms with Gasteiger partial charge in [-0.3, -0.25) is 9.59 Å². The monoisotopic (exact) mass is 184 g/mol. The Hall–Kier alpha value is -1.12. The predicted molar refractivity (Wildman–Crippen MR) is 50.2 cm³/mol. The fourth-order valence-electron chi connectivity index (χ4n) is 1.03. The van der Waals surface area contributed by atoms with E-state index in [1.165, 1.54) is 7.11 Å². The van der Waals surface area contributed by atoms with E-state index in [1.54, 1.807) is 6.92 Å². The van der Waals surface area contributed by atoms with Crippen LogP contribution in [0, 0.1) is 5.92 Å². The van der Waals surface area contributed by atoms with Gasteiger partial charge in [-0.05, 0) is 13.3 Å². The number of allylic oxidation sites excluding steroid dienone is 1. The number of hydrogen-bond acceptors (Lipinski definition) is 3. The summed E-state index contributed by atoms with van der Waals surface area (Å²) in [5.74, 6) is -0.704. The third-order valence-corrected chi connectivity index (χ3v) is 1.75. The molecular formula is C10H16O3. The van der Waals surface area contributed by atoms with Crippen molar-refractivity contribution in [2.45, 2.75) is 26.7 Å². The van der Waals surface area contributed by atoms with Crippen LogP contribution >= 0.6 is 0 Å². The second kappa shape index (κ2) is 5.51. The van der Waals surface area contributed by atoms with Crippen LogP contribution in [0.4, 0.5) is 0 Å². The zero-order valence-corrected chi connectivity index (χ0v) is 8.42. The molecule has 0 saturated heterocycles. The minimum absolute atomic E-state index is 0.0881. The van der Waals surface area contributed by atoms with Crippen molar-refractivity contribution in [1.29, 1.82) is 0 Å². The Kier molecular flexibility index (Phi) is 5.04. The van der Waals surface area contributed by atoms with Gasteiger partial charge in [0.15, 0.2) is 0 Å². The van der Waals surface area contributed by atoms with Gasteiger partial charge in [0.2, 0.25) is 0 Å². The molecule has 3 heteroatoms. The Bertz CT molecular complexity index is 218. The number of carbonyl (C=O) groups excluding carboxylic acids is 2. The first-order valence-electron chi connectivity index (χ1n) is 4.21. The number of ether oxygens (including phenoxy) is 1. The van der Waals surface area contributed by atoms with Gasteiger partial charge in [-0.15, -0.1) is 6.58 Å². The maximum Gasteiger partial charge on any atom is 0.313 e. The van der Waals surface area contributed by atoms with Crippen molar-refractivity contribution in [2.75, 3.05) is 7.11 Å². The first-order valence-corrected chi connectivity index (χ1v) is 4.21. The number of carbonyl (C=O) groups is 2. The highest BCUT2D eigenvalue weighted by molar-refractivity contribution is 5.96. The maximum atomic E-state index is 11.3. The molecular weight excluding hydrogens is 168 g/mol. The van der Waals surface area contributed by atoms with Crippen LogP contribution in [0.25, 0.3) is 0 Å². The molecule has 0 amide bonds. The third-order valence-electron chi connectivity index (χ3n) is 1.75. The molecule has 13 heavy (non-hydrogen) atoms. The maximum absolute atomic E-state index is 11.3. The average molecular weight is 184 g/mol. The van der Waals surface area contributed by atoms with Crippen LogP contribution in [-0.4, -0.2) is 18.9 Å². The molecule has 0 fully saturated rings. The van der Waals surface area contributed by atoms with E-state index >= 15 is 0 Å². The summed E-state index contributed by atoms with van der Waals surface area (Å²) in [4.78, 5) is 22.1. The Labute approximate surface area is 78.8 Å². The largest absolute Gasteiger partial charge is 0.469 e. The molecule has 0 spiro atoms. The van der Waals surface area contributed by atoms with Crippen molar-refractivity contribution in [3.05, 3.63) is 12.2 Å². The lowest BCUT2D eigenvalue weighted by Crippen LogP contribution is -2.16. The van der Waals surface area contributed by atoms with Crippen LogP contribution in [0.1, 0.15) is 26.7 Å². The van der Waals surface area contributed by atoms with Gasteiger partial charge in [0.1, 0.15) is 12.2 Å². The minimum atomic E-state index is -0.474. The fraction of sp³-hybridized carbons (Fsp3) is 0.600. The van der Waals surface area contributed by atoms with Crippen LogP contribution in [0.3, 0.4) is 0 Å². The zero-order valence-electron chi connectivity index (χ0n) is 8.42. The molecule has 3 nitrogen and oxygen atoms in total. The molecule has 74 valence electrons. The van der Waals surface area contributed by atoms with Gasteiger partial charge in [-0.2, -0.15) is 0 Å². The van der Waals surface area contributed by atoms with Crippen LogP contribution < -0.4 is 0 Å². The number of methoxy groups -OCH3 is 1. The Morgan fingerprint density at radius 1 is 1.46 bits per heavy atom. The van der Waals surface area contributed by atoms with Gasteiger partial charge in [-0.25, -0.2) is 0 Å². The van der Waals surface area contributed by atoms with Crippen molar-refractivity contribution in [1.82, 2.24) is 0 Å². The summed E-state index contributed by atoms with van der Waals surface area (Å²) in [7, 11) is 1.28. The summed E-state index contributed by atoms with van der Waals surface area (Å²) >= 11 is 0. The number of Topliss-reactive ketones (excluding diaryl/α,β-unsaturated/α-hetero) is 1. The second-order valence-corrected chi connectivity index (χ2v) is 3.28. The van der Waals surface area contributed by atoms with Crippen LogP contribution in [0.5, 0.6) is 0 Å². The Morgan fingerprint density at radius 2 is 2.00 bits per heavy atom. The number of ketones is 1. The molecule has 0 aliphatic carbocycles. The summed E-state index contributed by atoms with van der Waals surface area (Å²) in [5, 5.41) is 0. The lowest BCUT2D eigenvalue weighted by molar-refractivity contribution is -0.144. The SMILES string of the molecule is C=C(C)CC(C)C(=O)CC(=O)OC. The van der Waals surface area contributed by atoms with Crippen molar-refractivity contribution in [2.24, 2.45) is 5.92 Å².